The van der Waals surface area contributed by atoms with Gasteiger partial charge in [-0.15, -0.1) is 11.3 Å². The highest BCUT2D eigenvalue weighted by Gasteiger charge is 2.19. The van der Waals surface area contributed by atoms with E-state index in [1.807, 2.05) is 6.20 Å². The predicted molar refractivity (Wildman–Crippen MR) is 138 cm³/mol. The van der Waals surface area contributed by atoms with Crippen molar-refractivity contribution in [2.24, 2.45) is 0 Å². The second-order valence-corrected chi connectivity index (χ2v) is 9.14. The van der Waals surface area contributed by atoms with Crippen LogP contribution >= 0.6 is 11.3 Å². The summed E-state index contributed by atoms with van der Waals surface area (Å²) in [5.74, 6) is 0.921. The molecule has 4 aromatic carbocycles. The average molecular weight is 444 g/mol. The molecule has 0 atom stereocenters. The van der Waals surface area contributed by atoms with Crippen LogP contribution in [-0.2, 0) is 0 Å². The summed E-state index contributed by atoms with van der Waals surface area (Å²) in [5, 5.41) is 1.06. The van der Waals surface area contributed by atoms with Gasteiger partial charge in [-0.3, -0.25) is 4.57 Å². The minimum Gasteiger partial charge on any atom is -0.299 e. The van der Waals surface area contributed by atoms with Crippen LogP contribution in [0, 0.1) is 6.92 Å². The zero-order chi connectivity index (χ0) is 22.2. The lowest BCUT2D eigenvalue weighted by molar-refractivity contribution is 1.07. The first-order chi connectivity index (χ1) is 16.3. The van der Waals surface area contributed by atoms with E-state index in [1.165, 1.54) is 27.0 Å². The second kappa shape index (κ2) is 8.15. The van der Waals surface area contributed by atoms with Crippen molar-refractivity contribution in [3.05, 3.63) is 114 Å². The van der Waals surface area contributed by atoms with E-state index < -0.39 is 0 Å². The molecule has 0 aliphatic heterocycles. The predicted octanol–water partition coefficient (Wildman–Crippen LogP) is 7.79. The molecule has 0 fully saturated rings. The number of hydrogen-bond acceptors (Lipinski definition) is 3. The van der Waals surface area contributed by atoms with Gasteiger partial charge in [0.1, 0.15) is 5.82 Å². The Morgan fingerprint density at radius 1 is 0.667 bits per heavy atom. The molecule has 0 aliphatic carbocycles. The zero-order valence-corrected chi connectivity index (χ0v) is 19.0. The molecule has 0 saturated carbocycles. The number of thiazole rings is 1. The fourth-order valence-electron chi connectivity index (χ4n) is 4.42. The molecule has 4 heteroatoms. The third-order valence-corrected chi connectivity index (χ3v) is 6.87. The molecule has 0 radical (unpaired) electrons. The summed E-state index contributed by atoms with van der Waals surface area (Å²) in [5.41, 5.74) is 7.94. The molecule has 2 heterocycles. The number of aromatic nitrogens is 3. The van der Waals surface area contributed by atoms with E-state index >= 15 is 0 Å². The maximum atomic E-state index is 4.83. The summed E-state index contributed by atoms with van der Waals surface area (Å²) in [6, 6.07) is 33.9. The van der Waals surface area contributed by atoms with Crippen LogP contribution < -0.4 is 0 Å². The molecule has 33 heavy (non-hydrogen) atoms. The van der Waals surface area contributed by atoms with Crippen molar-refractivity contribution in [3.8, 4) is 39.3 Å². The number of aryl methyl sites for hydroxylation is 1. The Hall–Kier alpha value is -4.02. The number of fused-ring (bicyclic) bond motifs is 1. The van der Waals surface area contributed by atoms with E-state index in [0.717, 1.165) is 27.6 Å². The Kier molecular flexibility index (Phi) is 4.85. The lowest BCUT2D eigenvalue weighted by Crippen LogP contribution is -2.02. The Labute approximate surface area is 196 Å². The van der Waals surface area contributed by atoms with Gasteiger partial charge in [0.05, 0.1) is 20.9 Å². The van der Waals surface area contributed by atoms with E-state index in [0.29, 0.717) is 0 Å². The first kappa shape index (κ1) is 19.6. The summed E-state index contributed by atoms with van der Waals surface area (Å²) in [6.07, 6.45) is 3.95. The normalized spacial score (nSPS) is 11.2. The molecule has 0 N–H and O–H groups in total. The summed E-state index contributed by atoms with van der Waals surface area (Å²) >= 11 is 1.72. The first-order valence-corrected chi connectivity index (χ1v) is 11.8. The van der Waals surface area contributed by atoms with Crippen LogP contribution in [0.4, 0.5) is 0 Å². The largest absolute Gasteiger partial charge is 0.299 e. The minimum atomic E-state index is 0.921. The summed E-state index contributed by atoms with van der Waals surface area (Å²) in [7, 11) is 0. The molecule has 6 aromatic rings. The van der Waals surface area contributed by atoms with Gasteiger partial charge < -0.3 is 0 Å². The summed E-state index contributed by atoms with van der Waals surface area (Å²) in [6.45, 7) is 2.05. The number of nitrogens with zero attached hydrogens (tertiary/aromatic N) is 3. The highest BCUT2D eigenvalue weighted by Crippen LogP contribution is 2.39. The van der Waals surface area contributed by atoms with Gasteiger partial charge in [-0.05, 0) is 30.2 Å². The number of benzene rings is 4. The van der Waals surface area contributed by atoms with E-state index in [4.69, 9.17) is 9.97 Å². The molecular weight excluding hydrogens is 422 g/mol. The van der Waals surface area contributed by atoms with Crippen LogP contribution in [0.5, 0.6) is 0 Å². The highest BCUT2D eigenvalue weighted by molar-refractivity contribution is 7.19. The Bertz CT molecular complexity index is 1510. The maximum absolute atomic E-state index is 4.83. The van der Waals surface area contributed by atoms with Crippen LogP contribution in [0.15, 0.2) is 109 Å². The van der Waals surface area contributed by atoms with E-state index in [-0.39, 0.29) is 0 Å². The van der Waals surface area contributed by atoms with Crippen LogP contribution in [-0.4, -0.2) is 14.5 Å². The van der Waals surface area contributed by atoms with Crippen molar-refractivity contribution in [3.63, 3.8) is 0 Å². The minimum absolute atomic E-state index is 0.921. The van der Waals surface area contributed by atoms with Gasteiger partial charge in [0.15, 0.2) is 0 Å². The smallest absolute Gasteiger partial charge is 0.146 e. The molecule has 0 aliphatic rings. The number of hydrogen-bond donors (Lipinski definition) is 0. The Morgan fingerprint density at radius 3 is 1.94 bits per heavy atom. The maximum Gasteiger partial charge on any atom is 0.146 e. The van der Waals surface area contributed by atoms with Crippen LogP contribution in [0.2, 0.25) is 0 Å². The van der Waals surface area contributed by atoms with Gasteiger partial charge in [-0.2, -0.15) is 0 Å². The van der Waals surface area contributed by atoms with Crippen molar-refractivity contribution < 1.29 is 0 Å². The fourth-order valence-corrected chi connectivity index (χ4v) is 5.35. The molecule has 0 saturated heterocycles. The van der Waals surface area contributed by atoms with Gasteiger partial charge in [0, 0.05) is 29.1 Å². The fraction of sp³-hybridized carbons (Fsp3) is 0.0345. The lowest BCUT2D eigenvalue weighted by atomic mass is 9.95. The lowest BCUT2D eigenvalue weighted by Gasteiger charge is -2.19. The molecule has 0 spiro atoms. The number of rotatable bonds is 4. The first-order valence-electron chi connectivity index (χ1n) is 10.9. The molecule has 3 nitrogen and oxygen atoms in total. The van der Waals surface area contributed by atoms with Crippen molar-refractivity contribution in [2.75, 3.05) is 0 Å². The molecular formula is C29H21N3S. The molecule has 2 aromatic heterocycles. The standard InChI is InChI=1S/C29H21N3S/c1-20-31-26-17-9-16-25(28(26)33-20)29-30-18-19-32(29)27-23(21-10-4-2-5-11-21)14-8-15-24(27)22-12-6-3-7-13-22/h2-19H,1H3. The molecule has 0 unspecified atom stereocenters. The van der Waals surface area contributed by atoms with Gasteiger partial charge >= 0.3 is 0 Å². The van der Waals surface area contributed by atoms with Gasteiger partial charge in [0.25, 0.3) is 0 Å². The zero-order valence-electron chi connectivity index (χ0n) is 18.1. The third kappa shape index (κ3) is 3.45. The van der Waals surface area contributed by atoms with Crippen LogP contribution in [0.3, 0.4) is 0 Å². The molecule has 6 rings (SSSR count). The van der Waals surface area contributed by atoms with Crippen molar-refractivity contribution in [2.45, 2.75) is 6.92 Å². The summed E-state index contributed by atoms with van der Waals surface area (Å²) in [4.78, 5) is 9.53. The Balaban J connectivity index is 1.66. The highest BCUT2D eigenvalue weighted by atomic mass is 32.1. The monoisotopic (exact) mass is 443 g/mol. The third-order valence-electron chi connectivity index (χ3n) is 5.85. The number of imidazole rings is 1. The second-order valence-electron chi connectivity index (χ2n) is 7.94. The van der Waals surface area contributed by atoms with Gasteiger partial charge in [0.2, 0.25) is 0 Å². The van der Waals surface area contributed by atoms with Crippen molar-refractivity contribution in [1.82, 2.24) is 14.5 Å². The van der Waals surface area contributed by atoms with Gasteiger partial charge in [-0.25, -0.2) is 9.97 Å². The molecule has 0 bridgehead atoms. The van der Waals surface area contributed by atoms with E-state index in [9.17, 15) is 0 Å². The molecule has 0 amide bonds. The topological polar surface area (TPSA) is 30.7 Å². The molecule has 158 valence electrons. The average Bonchev–Trinajstić information content (AvgIpc) is 3.50. The Morgan fingerprint density at radius 2 is 1.27 bits per heavy atom. The summed E-state index contributed by atoms with van der Waals surface area (Å²) < 4.78 is 3.40. The SMILES string of the molecule is Cc1nc2cccc(-c3nccn3-c3c(-c4ccccc4)cccc3-c3ccccc3)c2s1. The van der Waals surface area contributed by atoms with Crippen molar-refractivity contribution >= 4 is 21.6 Å². The quantitative estimate of drug-likeness (QED) is 0.278. The van der Waals surface area contributed by atoms with Crippen LogP contribution in [0.25, 0.3) is 49.5 Å². The van der Waals surface area contributed by atoms with Gasteiger partial charge in [-0.1, -0.05) is 84.9 Å². The van der Waals surface area contributed by atoms with Crippen LogP contribution in [0.1, 0.15) is 5.01 Å². The van der Waals surface area contributed by atoms with E-state index in [1.54, 1.807) is 11.3 Å². The number of para-hydroxylation sites is 1. The van der Waals surface area contributed by atoms with E-state index in [2.05, 4.69) is 115 Å². The van der Waals surface area contributed by atoms with Crippen molar-refractivity contribution in [1.29, 1.82) is 0 Å².